The molecule has 1 unspecified atom stereocenters. The van der Waals surface area contributed by atoms with Crippen LogP contribution in [-0.2, 0) is 0 Å². The lowest BCUT2D eigenvalue weighted by Crippen LogP contribution is -2.10. The number of hydrogen-bond donors (Lipinski definition) is 2. The van der Waals surface area contributed by atoms with Gasteiger partial charge in [0.2, 0.25) is 0 Å². The predicted molar refractivity (Wildman–Crippen MR) is 74.3 cm³/mol. The van der Waals surface area contributed by atoms with Gasteiger partial charge in [0.25, 0.3) is 0 Å². The Hall–Kier alpha value is 0.420. The minimum Gasteiger partial charge on any atom is -0.393 e. The quantitative estimate of drug-likeness (QED) is 0.794. The molecular formula is C10H12Br3NO. The second kappa shape index (κ2) is 6.23. The summed E-state index contributed by atoms with van der Waals surface area (Å²) >= 11 is 10.4. The normalized spacial score (nSPS) is 12.6. The molecule has 0 saturated carbocycles. The van der Waals surface area contributed by atoms with Crippen molar-refractivity contribution in [1.82, 2.24) is 0 Å². The third-order valence-corrected chi connectivity index (χ3v) is 3.58. The van der Waals surface area contributed by atoms with Gasteiger partial charge in [0.15, 0.2) is 0 Å². The third kappa shape index (κ3) is 4.43. The lowest BCUT2D eigenvalue weighted by Gasteiger charge is -2.12. The lowest BCUT2D eigenvalue weighted by molar-refractivity contribution is 0.188. The second-order valence-corrected chi connectivity index (χ2v) is 5.93. The summed E-state index contributed by atoms with van der Waals surface area (Å²) in [5, 5.41) is 12.4. The Kier molecular flexibility index (Phi) is 5.60. The number of benzene rings is 1. The molecule has 5 heteroatoms. The molecule has 1 aromatic rings. The first-order valence-electron chi connectivity index (χ1n) is 4.57. The molecule has 2 N–H and O–H groups in total. The van der Waals surface area contributed by atoms with Crippen molar-refractivity contribution in [2.45, 2.75) is 19.4 Å². The maximum absolute atomic E-state index is 9.14. The number of hydrogen-bond acceptors (Lipinski definition) is 2. The molecule has 0 saturated heterocycles. The zero-order valence-electron chi connectivity index (χ0n) is 8.23. The molecule has 0 aliphatic rings. The molecule has 1 rings (SSSR count). The van der Waals surface area contributed by atoms with Crippen LogP contribution in [0.3, 0.4) is 0 Å². The smallest absolute Gasteiger partial charge is 0.0629 e. The Balaban J connectivity index is 2.68. The van der Waals surface area contributed by atoms with E-state index in [1.807, 2.05) is 12.1 Å². The molecule has 1 aromatic carbocycles. The molecule has 0 heterocycles. The highest BCUT2D eigenvalue weighted by molar-refractivity contribution is 9.11. The van der Waals surface area contributed by atoms with E-state index >= 15 is 0 Å². The molecule has 0 bridgehead atoms. The topological polar surface area (TPSA) is 32.3 Å². The average Bonchev–Trinajstić information content (AvgIpc) is 2.08. The van der Waals surface area contributed by atoms with E-state index in [4.69, 9.17) is 5.11 Å². The van der Waals surface area contributed by atoms with Gasteiger partial charge in [-0.2, -0.15) is 0 Å². The predicted octanol–water partition coefficient (Wildman–Crippen LogP) is 4.16. The fourth-order valence-corrected chi connectivity index (χ4v) is 3.66. The van der Waals surface area contributed by atoms with Crippen LogP contribution < -0.4 is 5.32 Å². The molecule has 84 valence electrons. The van der Waals surface area contributed by atoms with Crippen LogP contribution in [0.5, 0.6) is 0 Å². The summed E-state index contributed by atoms with van der Waals surface area (Å²) in [6.07, 6.45) is 0.458. The van der Waals surface area contributed by atoms with Crippen LogP contribution >= 0.6 is 47.8 Å². The number of aliphatic hydroxyl groups is 1. The summed E-state index contributed by atoms with van der Waals surface area (Å²) in [5.41, 5.74) is 1.01. The van der Waals surface area contributed by atoms with Gasteiger partial charge in [-0.1, -0.05) is 15.9 Å². The highest BCUT2D eigenvalue weighted by atomic mass is 79.9. The summed E-state index contributed by atoms with van der Waals surface area (Å²) < 4.78 is 3.01. The maximum atomic E-state index is 9.14. The van der Waals surface area contributed by atoms with Gasteiger partial charge in [0.05, 0.1) is 11.8 Å². The first-order valence-corrected chi connectivity index (χ1v) is 6.95. The largest absolute Gasteiger partial charge is 0.393 e. The fourth-order valence-electron chi connectivity index (χ4n) is 1.12. The van der Waals surface area contributed by atoms with E-state index in [0.717, 1.165) is 32.1 Å². The maximum Gasteiger partial charge on any atom is 0.0629 e. The Labute approximate surface area is 115 Å². The average molecular weight is 402 g/mol. The van der Waals surface area contributed by atoms with Crippen LogP contribution in [0.25, 0.3) is 0 Å². The highest BCUT2D eigenvalue weighted by Gasteiger charge is 2.06. The first-order chi connectivity index (χ1) is 7.00. The zero-order chi connectivity index (χ0) is 11.4. The molecular weight excluding hydrogens is 390 g/mol. The molecule has 0 aromatic heterocycles. The van der Waals surface area contributed by atoms with Crippen LogP contribution in [0.4, 0.5) is 5.69 Å². The van der Waals surface area contributed by atoms with Crippen LogP contribution in [0.1, 0.15) is 13.3 Å². The summed E-state index contributed by atoms with van der Waals surface area (Å²) in [7, 11) is 0. The molecule has 0 radical (unpaired) electrons. The Bertz CT molecular complexity index is 318. The van der Waals surface area contributed by atoms with Crippen molar-refractivity contribution >= 4 is 53.5 Å². The molecule has 0 aliphatic heterocycles. The van der Waals surface area contributed by atoms with Gasteiger partial charge in [-0.25, -0.2) is 0 Å². The summed E-state index contributed by atoms with van der Waals surface area (Å²) in [4.78, 5) is 0. The van der Waals surface area contributed by atoms with Gasteiger partial charge in [0.1, 0.15) is 0 Å². The van der Waals surface area contributed by atoms with Crippen molar-refractivity contribution in [2.24, 2.45) is 0 Å². The molecule has 0 fully saturated rings. The van der Waals surface area contributed by atoms with Gasteiger partial charge in [-0.3, -0.25) is 0 Å². The standard InChI is InChI=1S/C10H12Br3NO/c1-6(15)2-3-14-10-8(12)4-7(11)5-9(10)13/h4-6,14-15H,2-3H2,1H3. The first kappa shape index (κ1) is 13.5. The minimum atomic E-state index is -0.273. The molecule has 2 nitrogen and oxygen atoms in total. The minimum absolute atomic E-state index is 0.273. The van der Waals surface area contributed by atoms with E-state index < -0.39 is 0 Å². The Morgan fingerprint density at radius 2 is 1.80 bits per heavy atom. The number of rotatable bonds is 4. The lowest BCUT2D eigenvalue weighted by atomic mass is 10.2. The Morgan fingerprint density at radius 3 is 2.27 bits per heavy atom. The van der Waals surface area contributed by atoms with Crippen LogP contribution in [0.2, 0.25) is 0 Å². The van der Waals surface area contributed by atoms with Crippen LogP contribution in [-0.4, -0.2) is 17.8 Å². The van der Waals surface area contributed by atoms with E-state index in [1.54, 1.807) is 6.92 Å². The summed E-state index contributed by atoms with van der Waals surface area (Å²) in [6.45, 7) is 2.53. The van der Waals surface area contributed by atoms with E-state index in [9.17, 15) is 0 Å². The van der Waals surface area contributed by atoms with Crippen molar-refractivity contribution < 1.29 is 5.11 Å². The van der Waals surface area contributed by atoms with Crippen molar-refractivity contribution in [3.8, 4) is 0 Å². The van der Waals surface area contributed by atoms with E-state index in [2.05, 4.69) is 53.1 Å². The zero-order valence-corrected chi connectivity index (χ0v) is 13.0. The fraction of sp³-hybridized carbons (Fsp3) is 0.400. The molecule has 0 amide bonds. The molecule has 15 heavy (non-hydrogen) atoms. The van der Waals surface area contributed by atoms with Crippen molar-refractivity contribution in [3.05, 3.63) is 25.6 Å². The van der Waals surface area contributed by atoms with Crippen LogP contribution in [0, 0.1) is 0 Å². The third-order valence-electron chi connectivity index (χ3n) is 1.87. The monoisotopic (exact) mass is 399 g/mol. The van der Waals surface area contributed by atoms with Crippen molar-refractivity contribution in [1.29, 1.82) is 0 Å². The molecule has 0 spiro atoms. The van der Waals surface area contributed by atoms with E-state index in [1.165, 1.54) is 0 Å². The van der Waals surface area contributed by atoms with Crippen molar-refractivity contribution in [2.75, 3.05) is 11.9 Å². The van der Waals surface area contributed by atoms with Gasteiger partial charge in [0, 0.05) is 20.0 Å². The second-order valence-electron chi connectivity index (χ2n) is 3.31. The SMILES string of the molecule is CC(O)CCNc1c(Br)cc(Br)cc1Br. The number of anilines is 1. The van der Waals surface area contributed by atoms with Gasteiger partial charge in [-0.15, -0.1) is 0 Å². The number of halogens is 3. The Morgan fingerprint density at radius 1 is 1.27 bits per heavy atom. The van der Waals surface area contributed by atoms with Crippen molar-refractivity contribution in [3.63, 3.8) is 0 Å². The van der Waals surface area contributed by atoms with Gasteiger partial charge in [-0.05, 0) is 57.3 Å². The van der Waals surface area contributed by atoms with E-state index in [0.29, 0.717) is 0 Å². The molecule has 0 aliphatic carbocycles. The van der Waals surface area contributed by atoms with Gasteiger partial charge >= 0.3 is 0 Å². The van der Waals surface area contributed by atoms with Gasteiger partial charge < -0.3 is 10.4 Å². The molecule has 1 atom stereocenters. The summed E-state index contributed by atoms with van der Waals surface area (Å²) in [5.74, 6) is 0. The van der Waals surface area contributed by atoms with E-state index in [-0.39, 0.29) is 6.10 Å². The highest BCUT2D eigenvalue weighted by Crippen LogP contribution is 2.34. The summed E-state index contributed by atoms with van der Waals surface area (Å²) in [6, 6.07) is 3.96. The number of aliphatic hydroxyl groups excluding tert-OH is 1. The number of nitrogens with one attached hydrogen (secondary N) is 1. The van der Waals surface area contributed by atoms with Crippen LogP contribution in [0.15, 0.2) is 25.6 Å².